The molecule has 2 saturated heterocycles. The summed E-state index contributed by atoms with van der Waals surface area (Å²) in [6.07, 6.45) is 3.73. The number of likely N-dealkylation sites (tertiary alicyclic amines) is 2. The summed E-state index contributed by atoms with van der Waals surface area (Å²) in [5.41, 5.74) is 3.36. The van der Waals surface area contributed by atoms with Crippen LogP contribution in [-0.4, -0.2) is 65.2 Å². The van der Waals surface area contributed by atoms with Gasteiger partial charge in [-0.1, -0.05) is 30.3 Å². The van der Waals surface area contributed by atoms with Gasteiger partial charge in [0.15, 0.2) is 0 Å². The van der Waals surface area contributed by atoms with Crippen LogP contribution in [-0.2, 0) is 17.8 Å². The van der Waals surface area contributed by atoms with Gasteiger partial charge in [0.25, 0.3) is 0 Å². The van der Waals surface area contributed by atoms with E-state index in [1.807, 2.05) is 18.2 Å². The van der Waals surface area contributed by atoms with Gasteiger partial charge in [-0.15, -0.1) is 0 Å². The summed E-state index contributed by atoms with van der Waals surface area (Å²) in [5.74, 6) is 0.853. The van der Waals surface area contributed by atoms with E-state index >= 15 is 0 Å². The van der Waals surface area contributed by atoms with Gasteiger partial charge in [-0.3, -0.25) is 14.6 Å². The van der Waals surface area contributed by atoms with E-state index in [9.17, 15) is 9.90 Å². The molecule has 3 heterocycles. The molecule has 3 aliphatic rings. The Bertz CT molecular complexity index is 927. The Balaban J connectivity index is 1.11. The van der Waals surface area contributed by atoms with Crippen molar-refractivity contribution >= 4 is 11.6 Å². The van der Waals surface area contributed by atoms with Gasteiger partial charge in [0.05, 0.1) is 0 Å². The number of hydrogen-bond donors (Lipinski definition) is 2. The summed E-state index contributed by atoms with van der Waals surface area (Å²) < 4.78 is 6.18. The van der Waals surface area contributed by atoms with Crippen LogP contribution < -0.4 is 10.1 Å². The Kier molecular flexibility index (Phi) is 6.44. The first-order chi connectivity index (χ1) is 15.6. The Hall–Kier alpha value is -2.41. The van der Waals surface area contributed by atoms with Crippen LogP contribution in [0.2, 0.25) is 0 Å². The lowest BCUT2D eigenvalue weighted by Gasteiger charge is -2.43. The standard InChI is InChI=1S/C26H33N3O3/c30-24-18-29(21-10-13-28(14-11-21)17-19-4-2-1-3-5-19)15-12-25(24)32-22-7-8-23-20(16-22)6-9-26(31)27-23/h1-5,7-8,16,21,24-25,30H,6,9-15,17-18H2,(H,27,31)/t24-,25-/m1/s1. The third kappa shape index (κ3) is 4.98. The van der Waals surface area contributed by atoms with Gasteiger partial charge in [-0.05, 0) is 68.1 Å². The van der Waals surface area contributed by atoms with Crippen molar-refractivity contribution in [1.29, 1.82) is 0 Å². The molecule has 2 aromatic carbocycles. The van der Waals surface area contributed by atoms with E-state index in [4.69, 9.17) is 4.74 Å². The number of nitrogens with zero attached hydrogens (tertiary/aromatic N) is 2. The number of nitrogens with one attached hydrogen (secondary N) is 1. The van der Waals surface area contributed by atoms with Crippen molar-refractivity contribution in [3.05, 3.63) is 59.7 Å². The van der Waals surface area contributed by atoms with E-state index in [1.54, 1.807) is 0 Å². The van der Waals surface area contributed by atoms with Crippen LogP contribution in [0.25, 0.3) is 0 Å². The van der Waals surface area contributed by atoms with Crippen molar-refractivity contribution in [3.63, 3.8) is 0 Å². The van der Waals surface area contributed by atoms with Crippen molar-refractivity contribution < 1.29 is 14.6 Å². The first-order valence-corrected chi connectivity index (χ1v) is 11.9. The fourth-order valence-corrected chi connectivity index (χ4v) is 5.30. The minimum atomic E-state index is -0.484. The number of carbonyl (C=O) groups is 1. The fourth-order valence-electron chi connectivity index (χ4n) is 5.30. The summed E-state index contributed by atoms with van der Waals surface area (Å²) in [4.78, 5) is 16.6. The van der Waals surface area contributed by atoms with Gasteiger partial charge < -0.3 is 15.2 Å². The number of β-amino-alcohol motifs (C(OH)–C–C–N with tert-alkyl or cyclic N) is 1. The maximum Gasteiger partial charge on any atom is 0.224 e. The molecule has 2 aromatic rings. The number of rotatable bonds is 5. The maximum absolute atomic E-state index is 11.5. The molecule has 2 N–H and O–H groups in total. The molecule has 1 amide bonds. The minimum Gasteiger partial charge on any atom is -0.488 e. The quantitative estimate of drug-likeness (QED) is 0.756. The van der Waals surface area contributed by atoms with Gasteiger partial charge in [-0.25, -0.2) is 0 Å². The predicted octanol–water partition coefficient (Wildman–Crippen LogP) is 3.05. The van der Waals surface area contributed by atoms with Crippen molar-refractivity contribution in [2.45, 2.75) is 56.9 Å². The molecule has 0 spiro atoms. The number of benzene rings is 2. The predicted molar refractivity (Wildman–Crippen MR) is 125 cm³/mol. The van der Waals surface area contributed by atoms with E-state index in [-0.39, 0.29) is 12.0 Å². The average molecular weight is 436 g/mol. The zero-order valence-electron chi connectivity index (χ0n) is 18.6. The van der Waals surface area contributed by atoms with E-state index in [0.29, 0.717) is 19.0 Å². The number of hydrogen-bond acceptors (Lipinski definition) is 5. The second kappa shape index (κ2) is 9.61. The smallest absolute Gasteiger partial charge is 0.224 e. The SMILES string of the molecule is O=C1CCc2cc(O[C@@H]3CCN(C4CCN(Cc5ccccc5)CC4)C[C@H]3O)ccc2N1. The molecule has 0 aliphatic carbocycles. The second-order valence-corrected chi connectivity index (χ2v) is 9.37. The van der Waals surface area contributed by atoms with E-state index < -0.39 is 6.10 Å². The van der Waals surface area contributed by atoms with Gasteiger partial charge in [-0.2, -0.15) is 0 Å². The monoisotopic (exact) mass is 435 g/mol. The topological polar surface area (TPSA) is 65.0 Å². The van der Waals surface area contributed by atoms with Crippen molar-refractivity contribution in [2.24, 2.45) is 0 Å². The van der Waals surface area contributed by atoms with Crippen LogP contribution in [0.4, 0.5) is 5.69 Å². The molecule has 5 rings (SSSR count). The molecule has 0 saturated carbocycles. The molecule has 6 nitrogen and oxygen atoms in total. The third-order valence-electron chi connectivity index (χ3n) is 7.13. The van der Waals surface area contributed by atoms with Gasteiger partial charge >= 0.3 is 0 Å². The summed E-state index contributed by atoms with van der Waals surface area (Å²) in [6, 6.07) is 17.0. The maximum atomic E-state index is 11.5. The normalized spacial score (nSPS) is 25.2. The lowest BCUT2D eigenvalue weighted by molar-refractivity contribution is -0.116. The van der Waals surface area contributed by atoms with Gasteiger partial charge in [0, 0.05) is 37.8 Å². The number of ether oxygens (including phenoxy) is 1. The van der Waals surface area contributed by atoms with Crippen molar-refractivity contribution in [2.75, 3.05) is 31.5 Å². The molecule has 0 aromatic heterocycles. The van der Waals surface area contributed by atoms with Crippen LogP contribution >= 0.6 is 0 Å². The molecular formula is C26H33N3O3. The third-order valence-corrected chi connectivity index (χ3v) is 7.13. The lowest BCUT2D eigenvalue weighted by Crippen LogP contribution is -2.54. The molecule has 0 radical (unpaired) electrons. The number of aryl methyl sites for hydroxylation is 1. The Labute approximate surface area is 190 Å². The first-order valence-electron chi connectivity index (χ1n) is 11.9. The van der Waals surface area contributed by atoms with Crippen LogP contribution in [0, 0.1) is 0 Å². The van der Waals surface area contributed by atoms with Gasteiger partial charge in [0.2, 0.25) is 5.91 Å². The van der Waals surface area contributed by atoms with Crippen molar-refractivity contribution in [3.8, 4) is 5.75 Å². The highest BCUT2D eigenvalue weighted by molar-refractivity contribution is 5.94. The average Bonchev–Trinajstić information content (AvgIpc) is 2.82. The summed E-state index contributed by atoms with van der Waals surface area (Å²) >= 11 is 0. The largest absolute Gasteiger partial charge is 0.488 e. The van der Waals surface area contributed by atoms with E-state index in [2.05, 4.69) is 45.4 Å². The van der Waals surface area contributed by atoms with Gasteiger partial charge in [0.1, 0.15) is 18.0 Å². The molecule has 0 unspecified atom stereocenters. The van der Waals surface area contributed by atoms with Crippen LogP contribution in [0.3, 0.4) is 0 Å². The minimum absolute atomic E-state index is 0.0693. The molecule has 2 atom stereocenters. The van der Waals surface area contributed by atoms with Crippen LogP contribution in [0.15, 0.2) is 48.5 Å². The Morgan fingerprint density at radius 2 is 1.81 bits per heavy atom. The first kappa shape index (κ1) is 21.4. The molecule has 2 fully saturated rings. The van der Waals surface area contributed by atoms with E-state index in [0.717, 1.165) is 68.9 Å². The highest BCUT2D eigenvalue weighted by atomic mass is 16.5. The summed E-state index contributed by atoms with van der Waals surface area (Å²) in [5, 5.41) is 13.7. The highest BCUT2D eigenvalue weighted by Crippen LogP contribution is 2.29. The second-order valence-electron chi connectivity index (χ2n) is 9.37. The summed E-state index contributed by atoms with van der Waals surface area (Å²) in [7, 11) is 0. The zero-order chi connectivity index (χ0) is 21.9. The molecule has 32 heavy (non-hydrogen) atoms. The number of carbonyl (C=O) groups excluding carboxylic acids is 1. The Morgan fingerprint density at radius 3 is 2.59 bits per heavy atom. The number of piperidine rings is 2. The zero-order valence-corrected chi connectivity index (χ0v) is 18.6. The Morgan fingerprint density at radius 1 is 1.00 bits per heavy atom. The molecular weight excluding hydrogens is 402 g/mol. The summed E-state index contributed by atoms with van der Waals surface area (Å²) in [6.45, 7) is 4.88. The molecule has 6 heteroatoms. The van der Waals surface area contributed by atoms with E-state index in [1.165, 1.54) is 5.56 Å². The number of aliphatic hydroxyl groups is 1. The number of aliphatic hydroxyl groups excluding tert-OH is 1. The lowest BCUT2D eigenvalue weighted by atomic mass is 9.97. The molecule has 170 valence electrons. The molecule has 3 aliphatic heterocycles. The van der Waals surface area contributed by atoms with Crippen LogP contribution in [0.1, 0.15) is 36.8 Å². The van der Waals surface area contributed by atoms with Crippen LogP contribution in [0.5, 0.6) is 5.75 Å². The fraction of sp³-hybridized carbons (Fsp3) is 0.500. The number of fused-ring (bicyclic) bond motifs is 1. The number of amides is 1. The van der Waals surface area contributed by atoms with Crippen molar-refractivity contribution in [1.82, 2.24) is 9.80 Å². The number of anilines is 1. The molecule has 0 bridgehead atoms. The highest BCUT2D eigenvalue weighted by Gasteiger charge is 2.34.